The average Bonchev–Trinajstić information content (AvgIpc) is 2.82. The van der Waals surface area contributed by atoms with Gasteiger partial charge in [-0.15, -0.1) is 0 Å². The number of unbranched alkanes of at least 4 members (excludes halogenated alkanes) is 3. The Morgan fingerprint density at radius 2 is 1.53 bits per heavy atom. The molecule has 0 bridgehead atoms. The van der Waals surface area contributed by atoms with Crippen molar-refractivity contribution in [3.05, 3.63) is 29.6 Å². The van der Waals surface area contributed by atoms with E-state index in [0.717, 1.165) is 30.2 Å². The summed E-state index contributed by atoms with van der Waals surface area (Å²) >= 11 is 0. The van der Waals surface area contributed by atoms with Gasteiger partial charge in [-0.3, -0.25) is 0 Å². The first kappa shape index (κ1) is 27.5. The molecule has 1 nitrogen and oxygen atoms in total. The summed E-state index contributed by atoms with van der Waals surface area (Å²) < 4.78 is 55.7. The third-order valence-corrected chi connectivity index (χ3v) is 11.8. The normalized spacial score (nSPS) is 25.9. The summed E-state index contributed by atoms with van der Waals surface area (Å²) in [6.45, 7) is 0.837. The van der Waals surface area contributed by atoms with Gasteiger partial charge in [0, 0.05) is 8.80 Å². The lowest BCUT2D eigenvalue weighted by Gasteiger charge is -2.30. The van der Waals surface area contributed by atoms with Crippen LogP contribution in [-0.2, 0) is 0 Å². The first-order valence-electron chi connectivity index (χ1n) is 13.8. The van der Waals surface area contributed by atoms with Gasteiger partial charge in [0.1, 0.15) is 0 Å². The van der Waals surface area contributed by atoms with Crippen LogP contribution in [0.4, 0.5) is 17.6 Å². The highest BCUT2D eigenvalue weighted by Gasteiger charge is 2.29. The third-order valence-electron chi connectivity index (χ3n) is 8.32. The SMILES string of the molecule is CCCCC[SiH]1CCC(CCCC[C@H]2CC[C@H](c3ccc(OCC(F)(F)F)c(F)c3)CC2)CC1. The van der Waals surface area contributed by atoms with E-state index in [2.05, 4.69) is 11.7 Å². The molecule has 1 saturated heterocycles. The standard InChI is InChI=1S/C28H44F4OSi/c1-2-3-6-17-34-18-15-23(16-19-34)8-5-4-7-22-9-11-24(12-10-22)25-13-14-27(26(29)20-25)33-21-28(30,31)32/h13-14,20,22-24,34H,2-12,15-19,21H2,1H3/t22-,23?,24-,34?. The van der Waals surface area contributed by atoms with Crippen LogP contribution in [0.3, 0.4) is 0 Å². The van der Waals surface area contributed by atoms with Crippen LogP contribution in [0.15, 0.2) is 18.2 Å². The minimum atomic E-state index is -4.46. The molecule has 194 valence electrons. The van der Waals surface area contributed by atoms with E-state index < -0.39 is 18.6 Å². The zero-order valence-electron chi connectivity index (χ0n) is 21.0. The minimum Gasteiger partial charge on any atom is -0.481 e. The lowest BCUT2D eigenvalue weighted by Crippen LogP contribution is -2.21. The van der Waals surface area contributed by atoms with E-state index in [4.69, 9.17) is 0 Å². The van der Waals surface area contributed by atoms with Gasteiger partial charge in [0.25, 0.3) is 0 Å². The molecule has 1 saturated carbocycles. The van der Waals surface area contributed by atoms with Crippen LogP contribution >= 0.6 is 0 Å². The number of hydrogen-bond donors (Lipinski definition) is 0. The lowest BCUT2D eigenvalue weighted by molar-refractivity contribution is -0.153. The lowest BCUT2D eigenvalue weighted by atomic mass is 9.77. The van der Waals surface area contributed by atoms with Gasteiger partial charge in [-0.05, 0) is 61.1 Å². The molecule has 1 aliphatic carbocycles. The summed E-state index contributed by atoms with van der Waals surface area (Å²) in [6, 6.07) is 9.23. The average molecular weight is 501 g/mol. The quantitative estimate of drug-likeness (QED) is 0.158. The fraction of sp³-hybridized carbons (Fsp3) is 0.786. The summed E-state index contributed by atoms with van der Waals surface area (Å²) in [5.74, 6) is 1.06. The molecule has 3 rings (SSSR count). The summed E-state index contributed by atoms with van der Waals surface area (Å²) in [5.41, 5.74) is 0.893. The largest absolute Gasteiger partial charge is 0.481 e. The van der Waals surface area contributed by atoms with E-state index >= 15 is 0 Å². The Morgan fingerprint density at radius 1 is 0.882 bits per heavy atom. The van der Waals surface area contributed by atoms with Gasteiger partial charge in [-0.1, -0.05) is 88.9 Å². The molecule has 0 unspecified atom stereocenters. The zero-order valence-corrected chi connectivity index (χ0v) is 22.1. The number of rotatable bonds is 12. The molecule has 1 heterocycles. The first-order valence-corrected chi connectivity index (χ1v) is 16.3. The molecule has 6 heteroatoms. The zero-order chi connectivity index (χ0) is 24.4. The fourth-order valence-corrected chi connectivity index (χ4v) is 9.81. The minimum absolute atomic E-state index is 0.305. The van der Waals surface area contributed by atoms with Crippen LogP contribution < -0.4 is 4.74 Å². The number of hydrogen-bond acceptors (Lipinski definition) is 1. The summed E-state index contributed by atoms with van der Waals surface area (Å²) in [4.78, 5) is 0. The molecule has 1 aliphatic heterocycles. The van der Waals surface area contributed by atoms with Crippen LogP contribution in [-0.4, -0.2) is 21.6 Å². The number of alkyl halides is 3. The van der Waals surface area contributed by atoms with Crippen molar-refractivity contribution in [3.8, 4) is 5.75 Å². The predicted octanol–water partition coefficient (Wildman–Crippen LogP) is 9.43. The summed E-state index contributed by atoms with van der Waals surface area (Å²) in [5, 5.41) is 0. The molecule has 0 spiro atoms. The molecule has 0 radical (unpaired) electrons. The van der Waals surface area contributed by atoms with Crippen LogP contribution in [0, 0.1) is 17.7 Å². The van der Waals surface area contributed by atoms with E-state index in [1.165, 1.54) is 82.8 Å². The van der Waals surface area contributed by atoms with Gasteiger partial charge in [0.2, 0.25) is 0 Å². The Morgan fingerprint density at radius 3 is 2.12 bits per heavy atom. The van der Waals surface area contributed by atoms with Crippen LogP contribution in [0.25, 0.3) is 0 Å². The predicted molar refractivity (Wildman–Crippen MR) is 135 cm³/mol. The van der Waals surface area contributed by atoms with E-state index in [-0.39, 0.29) is 14.5 Å². The monoisotopic (exact) mass is 500 g/mol. The van der Waals surface area contributed by atoms with E-state index in [9.17, 15) is 17.6 Å². The maximum atomic E-state index is 14.2. The van der Waals surface area contributed by atoms with Gasteiger partial charge in [0.15, 0.2) is 18.2 Å². The van der Waals surface area contributed by atoms with Crippen molar-refractivity contribution in [2.24, 2.45) is 11.8 Å². The number of halogens is 4. The Kier molecular flexibility index (Phi) is 11.3. The van der Waals surface area contributed by atoms with Crippen molar-refractivity contribution in [2.75, 3.05) is 6.61 Å². The van der Waals surface area contributed by atoms with E-state index in [1.807, 2.05) is 0 Å². The van der Waals surface area contributed by atoms with Crippen molar-refractivity contribution < 1.29 is 22.3 Å². The molecule has 2 fully saturated rings. The first-order chi connectivity index (χ1) is 16.3. The molecular formula is C28H44F4OSi. The maximum absolute atomic E-state index is 14.2. The van der Waals surface area contributed by atoms with Crippen LogP contribution in [0.2, 0.25) is 18.1 Å². The molecule has 0 N–H and O–H groups in total. The van der Waals surface area contributed by atoms with Gasteiger partial charge < -0.3 is 4.74 Å². The maximum Gasteiger partial charge on any atom is 0.422 e. The molecule has 1 aromatic carbocycles. The second-order valence-corrected chi connectivity index (χ2v) is 14.4. The summed E-state index contributed by atoms with van der Waals surface area (Å²) in [7, 11) is -0.385. The highest BCUT2D eigenvalue weighted by atomic mass is 28.3. The molecule has 0 amide bonds. The smallest absolute Gasteiger partial charge is 0.422 e. The molecular weight excluding hydrogens is 456 g/mol. The molecule has 0 atom stereocenters. The Bertz CT molecular complexity index is 707. The molecule has 0 aromatic heterocycles. The number of benzene rings is 1. The second kappa shape index (κ2) is 13.9. The van der Waals surface area contributed by atoms with Crippen LogP contribution in [0.5, 0.6) is 5.75 Å². The van der Waals surface area contributed by atoms with Gasteiger partial charge in [0.05, 0.1) is 0 Å². The molecule has 2 aliphatic rings. The Labute approximate surface area is 205 Å². The van der Waals surface area contributed by atoms with Crippen LogP contribution in [0.1, 0.15) is 102 Å². The van der Waals surface area contributed by atoms with E-state index in [1.54, 1.807) is 24.2 Å². The molecule has 1 aromatic rings. The Balaban J connectivity index is 1.28. The number of ether oxygens (including phenoxy) is 1. The van der Waals surface area contributed by atoms with E-state index in [0.29, 0.717) is 5.92 Å². The van der Waals surface area contributed by atoms with Crippen molar-refractivity contribution in [2.45, 2.75) is 121 Å². The van der Waals surface area contributed by atoms with Gasteiger partial charge in [-0.2, -0.15) is 13.2 Å². The third kappa shape index (κ3) is 9.54. The highest BCUT2D eigenvalue weighted by Crippen LogP contribution is 2.39. The van der Waals surface area contributed by atoms with Crippen molar-refractivity contribution in [1.82, 2.24) is 0 Å². The highest BCUT2D eigenvalue weighted by molar-refractivity contribution is 6.58. The van der Waals surface area contributed by atoms with Gasteiger partial charge in [-0.25, -0.2) is 4.39 Å². The topological polar surface area (TPSA) is 9.23 Å². The van der Waals surface area contributed by atoms with Crippen molar-refractivity contribution in [1.29, 1.82) is 0 Å². The summed E-state index contributed by atoms with van der Waals surface area (Å²) in [6.07, 6.45) is 12.7. The second-order valence-electron chi connectivity index (χ2n) is 11.0. The van der Waals surface area contributed by atoms with Gasteiger partial charge >= 0.3 is 6.18 Å². The van der Waals surface area contributed by atoms with Crippen molar-refractivity contribution in [3.63, 3.8) is 0 Å². The fourth-order valence-electron chi connectivity index (χ4n) is 6.19. The van der Waals surface area contributed by atoms with Crippen molar-refractivity contribution >= 4 is 8.80 Å². The Hall–Kier alpha value is -1.04. The molecule has 34 heavy (non-hydrogen) atoms.